The number of ether oxygens (including phenoxy) is 2. The Hall–Kier alpha value is -2.81. The van der Waals surface area contributed by atoms with Gasteiger partial charge in [0.05, 0.1) is 22.8 Å². The quantitative estimate of drug-likeness (QED) is 0.199. The molecule has 184 valence electrons. The fraction of sp³-hybridized carbons (Fsp3) is 0.0800. The molecule has 1 heterocycles. The Kier molecular flexibility index (Phi) is 8.07. The van der Waals surface area contributed by atoms with Crippen molar-refractivity contribution in [1.82, 2.24) is 5.32 Å². The van der Waals surface area contributed by atoms with Gasteiger partial charge in [-0.3, -0.25) is 19.8 Å². The number of carbonyl (C=O) groups is 2. The van der Waals surface area contributed by atoms with Crippen molar-refractivity contribution in [2.24, 2.45) is 0 Å². The van der Waals surface area contributed by atoms with Gasteiger partial charge in [0.2, 0.25) is 0 Å². The third-order valence-electron chi connectivity index (χ3n) is 5.17. The lowest BCUT2D eigenvalue weighted by Crippen LogP contribution is -2.54. The first-order valence-electron chi connectivity index (χ1n) is 10.3. The van der Waals surface area contributed by atoms with Crippen LogP contribution in [0.1, 0.15) is 11.1 Å². The molecule has 4 rings (SSSR count). The van der Waals surface area contributed by atoms with Crippen LogP contribution in [0.15, 0.2) is 60.2 Å². The maximum absolute atomic E-state index is 13.3. The monoisotopic (exact) mass is 580 g/mol. The molecule has 3 aromatic rings. The minimum Gasteiger partial charge on any atom is -0.493 e. The van der Waals surface area contributed by atoms with Crippen LogP contribution < -0.4 is 19.7 Å². The number of hydrogen-bond donors (Lipinski definition) is 1. The molecule has 1 aliphatic rings. The first-order valence-corrected chi connectivity index (χ1v) is 12.2. The molecular formula is C25H16Cl4N2O4S. The van der Waals surface area contributed by atoms with Gasteiger partial charge in [0.25, 0.3) is 11.8 Å². The highest BCUT2D eigenvalue weighted by molar-refractivity contribution is 7.80. The summed E-state index contributed by atoms with van der Waals surface area (Å²) in [6.07, 6.45) is 1.42. The Bertz CT molecular complexity index is 1430. The van der Waals surface area contributed by atoms with E-state index in [0.29, 0.717) is 27.1 Å². The van der Waals surface area contributed by atoms with Crippen LogP contribution in [0, 0.1) is 0 Å². The summed E-state index contributed by atoms with van der Waals surface area (Å²) < 4.78 is 11.3. The molecule has 0 saturated carbocycles. The van der Waals surface area contributed by atoms with Gasteiger partial charge < -0.3 is 9.47 Å². The van der Waals surface area contributed by atoms with Crippen molar-refractivity contribution < 1.29 is 19.1 Å². The molecule has 0 unspecified atom stereocenters. The van der Waals surface area contributed by atoms with Gasteiger partial charge in [0.1, 0.15) is 12.2 Å². The van der Waals surface area contributed by atoms with E-state index in [4.69, 9.17) is 68.1 Å². The summed E-state index contributed by atoms with van der Waals surface area (Å²) in [5.41, 5.74) is 1.37. The van der Waals surface area contributed by atoms with Crippen molar-refractivity contribution in [3.63, 3.8) is 0 Å². The van der Waals surface area contributed by atoms with Crippen molar-refractivity contribution in [1.29, 1.82) is 0 Å². The molecule has 2 amide bonds. The van der Waals surface area contributed by atoms with Crippen LogP contribution in [0.3, 0.4) is 0 Å². The molecule has 1 N–H and O–H groups in total. The smallest absolute Gasteiger partial charge is 0.270 e. The molecule has 1 aliphatic heterocycles. The van der Waals surface area contributed by atoms with E-state index in [-0.39, 0.29) is 33.0 Å². The number of benzene rings is 3. The van der Waals surface area contributed by atoms with Crippen LogP contribution in [0.5, 0.6) is 11.5 Å². The van der Waals surface area contributed by atoms with Crippen LogP contribution in [-0.2, 0) is 16.2 Å². The van der Waals surface area contributed by atoms with Crippen LogP contribution in [-0.4, -0.2) is 24.0 Å². The van der Waals surface area contributed by atoms with E-state index in [1.54, 1.807) is 54.6 Å². The molecule has 0 spiro atoms. The zero-order valence-electron chi connectivity index (χ0n) is 18.5. The predicted octanol–water partition coefficient (Wildman–Crippen LogP) is 6.72. The summed E-state index contributed by atoms with van der Waals surface area (Å²) >= 11 is 29.8. The number of anilines is 1. The highest BCUT2D eigenvalue weighted by atomic mass is 35.5. The molecule has 3 aromatic carbocycles. The fourth-order valence-electron chi connectivity index (χ4n) is 3.40. The first-order chi connectivity index (χ1) is 17.2. The lowest BCUT2D eigenvalue weighted by Gasteiger charge is -2.29. The number of hydrogen-bond acceptors (Lipinski definition) is 5. The second-order valence-corrected chi connectivity index (χ2v) is 9.48. The van der Waals surface area contributed by atoms with Crippen molar-refractivity contribution >= 4 is 87.3 Å². The summed E-state index contributed by atoms with van der Waals surface area (Å²) in [4.78, 5) is 27.0. The Morgan fingerprint density at radius 3 is 2.47 bits per heavy atom. The van der Waals surface area contributed by atoms with Gasteiger partial charge in [-0.25, -0.2) is 0 Å². The largest absolute Gasteiger partial charge is 0.493 e. The van der Waals surface area contributed by atoms with E-state index >= 15 is 0 Å². The Morgan fingerprint density at radius 2 is 1.75 bits per heavy atom. The molecule has 6 nitrogen and oxygen atoms in total. The normalized spacial score (nSPS) is 14.8. The summed E-state index contributed by atoms with van der Waals surface area (Å²) in [5, 5.41) is 3.79. The lowest BCUT2D eigenvalue weighted by molar-refractivity contribution is -0.122. The maximum Gasteiger partial charge on any atom is 0.270 e. The molecule has 0 aliphatic carbocycles. The van der Waals surface area contributed by atoms with E-state index in [2.05, 4.69) is 5.32 Å². The van der Waals surface area contributed by atoms with Gasteiger partial charge in [-0.15, -0.1) is 0 Å². The van der Waals surface area contributed by atoms with Gasteiger partial charge >= 0.3 is 0 Å². The average Bonchev–Trinajstić information content (AvgIpc) is 2.84. The summed E-state index contributed by atoms with van der Waals surface area (Å²) in [7, 11) is 1.48. The zero-order chi connectivity index (χ0) is 26.0. The third kappa shape index (κ3) is 5.45. The van der Waals surface area contributed by atoms with Crippen LogP contribution in [0.2, 0.25) is 20.1 Å². The Morgan fingerprint density at radius 1 is 0.972 bits per heavy atom. The Balaban J connectivity index is 1.61. The average molecular weight is 582 g/mol. The number of rotatable bonds is 6. The van der Waals surface area contributed by atoms with E-state index in [9.17, 15) is 9.59 Å². The molecule has 0 radical (unpaired) electrons. The predicted molar refractivity (Wildman–Crippen MR) is 146 cm³/mol. The van der Waals surface area contributed by atoms with E-state index in [1.165, 1.54) is 13.2 Å². The highest BCUT2D eigenvalue weighted by Gasteiger charge is 2.35. The van der Waals surface area contributed by atoms with Crippen molar-refractivity contribution in [3.05, 3.63) is 91.4 Å². The van der Waals surface area contributed by atoms with Gasteiger partial charge in [0.15, 0.2) is 16.6 Å². The number of amides is 2. The topological polar surface area (TPSA) is 67.9 Å². The molecule has 1 fully saturated rings. The SMILES string of the molecule is COc1cc(/C=C2\C(=O)NC(=S)N(c3cccc(Cl)c3Cl)C2=O)ccc1OCc1ccc(Cl)cc1Cl. The van der Waals surface area contributed by atoms with E-state index < -0.39 is 11.8 Å². The molecule has 11 heteroatoms. The zero-order valence-corrected chi connectivity index (χ0v) is 22.3. The first kappa shape index (κ1) is 26.3. The third-order valence-corrected chi connectivity index (χ3v) is 6.85. The minimum absolute atomic E-state index is 0.103. The summed E-state index contributed by atoms with van der Waals surface area (Å²) in [6, 6.07) is 14.9. The number of nitrogens with one attached hydrogen (secondary N) is 1. The number of carbonyl (C=O) groups excluding carboxylic acids is 2. The second-order valence-electron chi connectivity index (χ2n) is 7.47. The second kappa shape index (κ2) is 11.1. The van der Waals surface area contributed by atoms with Crippen molar-refractivity contribution in [3.8, 4) is 11.5 Å². The molecular weight excluding hydrogens is 566 g/mol. The molecule has 0 aromatic heterocycles. The molecule has 1 saturated heterocycles. The fourth-order valence-corrected chi connectivity index (χ4v) is 4.51. The molecule has 0 atom stereocenters. The van der Waals surface area contributed by atoms with Gasteiger partial charge in [-0.2, -0.15) is 0 Å². The van der Waals surface area contributed by atoms with Crippen LogP contribution in [0.4, 0.5) is 5.69 Å². The van der Waals surface area contributed by atoms with E-state index in [0.717, 1.165) is 10.5 Å². The van der Waals surface area contributed by atoms with Crippen molar-refractivity contribution in [2.45, 2.75) is 6.61 Å². The maximum atomic E-state index is 13.3. The number of halogens is 4. The standard InChI is InChI=1S/C25H16Cl4N2O4S/c1-34-21-10-13(5-8-20(21)35-12-14-6-7-15(26)11-18(14)28)9-16-23(32)30-25(36)31(24(16)33)19-4-2-3-17(27)22(19)29/h2-11H,12H2,1H3,(H,30,32,36)/b16-9+. The van der Waals surface area contributed by atoms with Crippen LogP contribution in [0.25, 0.3) is 6.08 Å². The Labute approximate surface area is 232 Å². The lowest BCUT2D eigenvalue weighted by atomic mass is 10.1. The van der Waals surface area contributed by atoms with Crippen LogP contribution >= 0.6 is 58.6 Å². The van der Waals surface area contributed by atoms with Gasteiger partial charge in [-0.05, 0) is 60.3 Å². The highest BCUT2D eigenvalue weighted by Crippen LogP contribution is 2.35. The van der Waals surface area contributed by atoms with Gasteiger partial charge in [-0.1, -0.05) is 64.6 Å². The number of thiocarbonyl (C=S) groups is 1. The summed E-state index contributed by atoms with van der Waals surface area (Å²) in [5.74, 6) is -0.456. The van der Waals surface area contributed by atoms with Gasteiger partial charge in [0, 0.05) is 15.6 Å². The number of methoxy groups -OCH3 is 1. The molecule has 36 heavy (non-hydrogen) atoms. The summed E-state index contributed by atoms with van der Waals surface area (Å²) in [6.45, 7) is 0.181. The number of nitrogens with zero attached hydrogens (tertiary/aromatic N) is 1. The van der Waals surface area contributed by atoms with E-state index in [1.807, 2.05) is 0 Å². The molecule has 0 bridgehead atoms. The minimum atomic E-state index is -0.649. The van der Waals surface area contributed by atoms with Crippen molar-refractivity contribution in [2.75, 3.05) is 12.0 Å².